The lowest BCUT2D eigenvalue weighted by molar-refractivity contribution is 0.0228. The summed E-state index contributed by atoms with van der Waals surface area (Å²) in [5.41, 5.74) is 10.7. The number of aliphatic imine (C=N–C) groups is 1. The zero-order chi connectivity index (χ0) is 20.9. The number of ether oxygens (including phenoxy) is 2. The second kappa shape index (κ2) is 13.1. The molecule has 0 aliphatic heterocycles. The standard InChI is InChI=1S/C25H36N2O2/c1-4-6-20-8-10-21(11-9-20)22-12-14-23(15-13-22)24(17-26)18-27-16-5-7-25(29-3)19-28-2/h8-12,14-15,17-18,22,25H,4-7,13,16,19,26H2,1-3H3/b24-17+,27-18?. The fourth-order valence-corrected chi connectivity index (χ4v) is 3.54. The van der Waals surface area contributed by atoms with Gasteiger partial charge in [-0.05, 0) is 42.4 Å². The van der Waals surface area contributed by atoms with Crippen LogP contribution in [0, 0.1) is 0 Å². The van der Waals surface area contributed by atoms with E-state index in [-0.39, 0.29) is 6.10 Å². The largest absolute Gasteiger partial charge is 0.404 e. The van der Waals surface area contributed by atoms with Crippen molar-refractivity contribution in [1.82, 2.24) is 0 Å². The molecule has 2 unspecified atom stereocenters. The molecule has 4 heteroatoms. The van der Waals surface area contributed by atoms with Crippen molar-refractivity contribution in [3.05, 3.63) is 71.0 Å². The third-order valence-electron chi connectivity index (χ3n) is 5.29. The summed E-state index contributed by atoms with van der Waals surface area (Å²) < 4.78 is 10.5. The van der Waals surface area contributed by atoms with Gasteiger partial charge in [-0.2, -0.15) is 0 Å². The zero-order valence-electron chi connectivity index (χ0n) is 18.1. The minimum atomic E-state index is 0.136. The maximum atomic E-state index is 5.85. The molecule has 1 aromatic rings. The monoisotopic (exact) mass is 396 g/mol. The van der Waals surface area contributed by atoms with E-state index in [9.17, 15) is 0 Å². The molecule has 2 atom stereocenters. The number of methoxy groups -OCH3 is 2. The topological polar surface area (TPSA) is 56.8 Å². The van der Waals surface area contributed by atoms with E-state index in [4.69, 9.17) is 15.2 Å². The Labute approximate surface area is 176 Å². The van der Waals surface area contributed by atoms with Gasteiger partial charge in [0.2, 0.25) is 0 Å². The van der Waals surface area contributed by atoms with E-state index < -0.39 is 0 Å². The number of allylic oxidation sites excluding steroid dienone is 5. The van der Waals surface area contributed by atoms with Gasteiger partial charge in [0.1, 0.15) is 0 Å². The molecular formula is C25H36N2O2. The molecule has 1 aliphatic carbocycles. The maximum Gasteiger partial charge on any atom is 0.0805 e. The van der Waals surface area contributed by atoms with Crippen LogP contribution >= 0.6 is 0 Å². The average molecular weight is 397 g/mol. The van der Waals surface area contributed by atoms with Gasteiger partial charge < -0.3 is 15.2 Å². The number of hydrogen-bond donors (Lipinski definition) is 1. The van der Waals surface area contributed by atoms with E-state index in [2.05, 4.69) is 54.4 Å². The lowest BCUT2D eigenvalue weighted by atomic mass is 9.88. The molecule has 2 rings (SSSR count). The van der Waals surface area contributed by atoms with Crippen molar-refractivity contribution in [2.45, 2.75) is 51.0 Å². The van der Waals surface area contributed by atoms with Gasteiger partial charge in [-0.25, -0.2) is 0 Å². The SMILES string of the molecule is CCCc1ccc(C2C=CC(/C(C=NCCCC(COC)OC)=C/N)=CC2)cc1. The molecule has 0 aromatic heterocycles. The molecule has 0 radical (unpaired) electrons. The summed E-state index contributed by atoms with van der Waals surface area (Å²) in [6.45, 7) is 3.59. The van der Waals surface area contributed by atoms with Crippen LogP contribution in [0.2, 0.25) is 0 Å². The van der Waals surface area contributed by atoms with Crippen molar-refractivity contribution in [3.63, 3.8) is 0 Å². The van der Waals surface area contributed by atoms with Crippen LogP contribution in [0.5, 0.6) is 0 Å². The summed E-state index contributed by atoms with van der Waals surface area (Å²) in [7, 11) is 3.41. The molecule has 0 fully saturated rings. The molecule has 0 saturated carbocycles. The quantitative estimate of drug-likeness (QED) is 0.401. The highest BCUT2D eigenvalue weighted by atomic mass is 16.5. The lowest BCUT2D eigenvalue weighted by Gasteiger charge is -2.17. The van der Waals surface area contributed by atoms with E-state index in [1.165, 1.54) is 17.5 Å². The summed E-state index contributed by atoms with van der Waals surface area (Å²) >= 11 is 0. The van der Waals surface area contributed by atoms with Crippen LogP contribution in [0.15, 0.2) is 64.8 Å². The minimum absolute atomic E-state index is 0.136. The fraction of sp³-hybridized carbons (Fsp3) is 0.480. The fourth-order valence-electron chi connectivity index (χ4n) is 3.54. The first-order valence-corrected chi connectivity index (χ1v) is 10.6. The van der Waals surface area contributed by atoms with Crippen molar-refractivity contribution >= 4 is 6.21 Å². The van der Waals surface area contributed by atoms with Crippen LogP contribution in [0.3, 0.4) is 0 Å². The number of aryl methyl sites for hydroxylation is 1. The number of nitrogens with two attached hydrogens (primary N) is 1. The van der Waals surface area contributed by atoms with Crippen LogP contribution in [-0.4, -0.2) is 39.7 Å². The zero-order valence-corrected chi connectivity index (χ0v) is 18.1. The molecule has 0 amide bonds. The average Bonchev–Trinajstić information content (AvgIpc) is 2.76. The Morgan fingerprint density at radius 1 is 1.28 bits per heavy atom. The number of benzene rings is 1. The molecule has 1 aliphatic rings. The Balaban J connectivity index is 1.84. The molecule has 4 nitrogen and oxygen atoms in total. The predicted molar refractivity (Wildman–Crippen MR) is 123 cm³/mol. The molecule has 0 saturated heterocycles. The van der Waals surface area contributed by atoms with Gasteiger partial charge in [0, 0.05) is 44.7 Å². The van der Waals surface area contributed by atoms with Crippen LogP contribution in [-0.2, 0) is 15.9 Å². The van der Waals surface area contributed by atoms with Crippen molar-refractivity contribution in [2.24, 2.45) is 10.7 Å². The predicted octanol–water partition coefficient (Wildman–Crippen LogP) is 4.96. The maximum absolute atomic E-state index is 5.85. The van der Waals surface area contributed by atoms with Gasteiger partial charge in [0.05, 0.1) is 12.7 Å². The Bertz CT molecular complexity index is 717. The van der Waals surface area contributed by atoms with Crippen LogP contribution < -0.4 is 5.73 Å². The minimum Gasteiger partial charge on any atom is -0.404 e. The van der Waals surface area contributed by atoms with Crippen molar-refractivity contribution in [1.29, 1.82) is 0 Å². The van der Waals surface area contributed by atoms with E-state index in [0.717, 1.165) is 43.4 Å². The van der Waals surface area contributed by atoms with Gasteiger partial charge in [-0.15, -0.1) is 0 Å². The summed E-state index contributed by atoms with van der Waals surface area (Å²) in [6, 6.07) is 9.03. The first-order chi connectivity index (χ1) is 14.2. The summed E-state index contributed by atoms with van der Waals surface area (Å²) in [5.74, 6) is 0.428. The van der Waals surface area contributed by atoms with Crippen molar-refractivity contribution in [2.75, 3.05) is 27.4 Å². The van der Waals surface area contributed by atoms with Gasteiger partial charge in [-0.3, -0.25) is 4.99 Å². The number of rotatable bonds is 12. The molecule has 0 spiro atoms. The van der Waals surface area contributed by atoms with E-state index in [1.807, 2.05) is 6.21 Å². The van der Waals surface area contributed by atoms with Gasteiger partial charge in [0.25, 0.3) is 0 Å². The third kappa shape index (κ3) is 7.64. The Hall–Kier alpha value is -2.17. The van der Waals surface area contributed by atoms with Gasteiger partial charge >= 0.3 is 0 Å². The highest BCUT2D eigenvalue weighted by Gasteiger charge is 2.12. The third-order valence-corrected chi connectivity index (χ3v) is 5.29. The first kappa shape index (κ1) is 23.1. The molecule has 0 bridgehead atoms. The van der Waals surface area contributed by atoms with Crippen LogP contribution in [0.25, 0.3) is 0 Å². The van der Waals surface area contributed by atoms with Crippen molar-refractivity contribution in [3.8, 4) is 0 Å². The smallest absolute Gasteiger partial charge is 0.0805 e. The number of nitrogens with zero attached hydrogens (tertiary/aromatic N) is 1. The molecule has 29 heavy (non-hydrogen) atoms. The molecule has 2 N–H and O–H groups in total. The summed E-state index contributed by atoms with van der Waals surface area (Å²) in [4.78, 5) is 4.54. The van der Waals surface area contributed by atoms with Crippen molar-refractivity contribution < 1.29 is 9.47 Å². The second-order valence-electron chi connectivity index (χ2n) is 7.46. The second-order valence-corrected chi connectivity index (χ2v) is 7.46. The highest BCUT2D eigenvalue weighted by Crippen LogP contribution is 2.29. The van der Waals surface area contributed by atoms with E-state index in [0.29, 0.717) is 12.5 Å². The highest BCUT2D eigenvalue weighted by molar-refractivity contribution is 5.86. The number of hydrogen-bond acceptors (Lipinski definition) is 4. The molecule has 0 heterocycles. The Morgan fingerprint density at radius 3 is 2.66 bits per heavy atom. The van der Waals surface area contributed by atoms with Gasteiger partial charge in [0.15, 0.2) is 0 Å². The van der Waals surface area contributed by atoms with Crippen LogP contribution in [0.4, 0.5) is 0 Å². The molecule has 158 valence electrons. The molecule has 1 aromatic carbocycles. The summed E-state index contributed by atoms with van der Waals surface area (Å²) in [6.07, 6.45) is 15.6. The van der Waals surface area contributed by atoms with Gasteiger partial charge in [-0.1, -0.05) is 55.8 Å². The summed E-state index contributed by atoms with van der Waals surface area (Å²) in [5, 5.41) is 0. The van der Waals surface area contributed by atoms with E-state index >= 15 is 0 Å². The molecular weight excluding hydrogens is 360 g/mol. The lowest BCUT2D eigenvalue weighted by Crippen LogP contribution is -2.17. The Kier molecular flexibility index (Phi) is 10.5. The Morgan fingerprint density at radius 2 is 2.07 bits per heavy atom. The van der Waals surface area contributed by atoms with Crippen LogP contribution in [0.1, 0.15) is 49.7 Å². The normalized spacial score (nSPS) is 18.2. The van der Waals surface area contributed by atoms with E-state index in [1.54, 1.807) is 20.4 Å². The first-order valence-electron chi connectivity index (χ1n) is 10.6.